The van der Waals surface area contributed by atoms with E-state index in [9.17, 15) is 44.3 Å². The van der Waals surface area contributed by atoms with E-state index in [0.717, 1.165) is 0 Å². The topological polar surface area (TPSA) is 46.9 Å². The van der Waals surface area contributed by atoms with E-state index in [4.69, 9.17) is 11.6 Å². The molecule has 0 radical (unpaired) electrons. The summed E-state index contributed by atoms with van der Waals surface area (Å²) < 4.78 is 118. The molecule has 4 nitrogen and oxygen atoms in total. The van der Waals surface area contributed by atoms with E-state index in [1.54, 1.807) is 0 Å². The van der Waals surface area contributed by atoms with Crippen LogP contribution in [0.25, 0.3) is 0 Å². The summed E-state index contributed by atoms with van der Waals surface area (Å²) in [6.07, 6.45) is -8.85. The highest BCUT2D eigenvalue weighted by atomic mass is 35.5. The van der Waals surface area contributed by atoms with Crippen LogP contribution < -0.4 is 5.32 Å². The molecule has 1 aromatic heterocycles. The highest BCUT2D eigenvalue weighted by molar-refractivity contribution is 6.31. The quantitative estimate of drug-likeness (QED) is 0.538. The molecule has 0 fully saturated rings. The Morgan fingerprint density at radius 2 is 1.61 bits per heavy atom. The summed E-state index contributed by atoms with van der Waals surface area (Å²) in [5.74, 6) is -12.0. The smallest absolute Gasteiger partial charge is 0.319 e. The predicted molar refractivity (Wildman–Crippen MR) is 76.8 cm³/mol. The minimum absolute atomic E-state index is 0.141. The molecule has 28 heavy (non-hydrogen) atoms. The minimum atomic E-state index is -5.74. The summed E-state index contributed by atoms with van der Waals surface area (Å²) >= 11 is 5.58. The van der Waals surface area contributed by atoms with Crippen molar-refractivity contribution in [2.75, 3.05) is 5.32 Å². The highest BCUT2D eigenvalue weighted by Crippen LogP contribution is 2.38. The molecule has 0 saturated carbocycles. The Bertz CT molecular complexity index is 910. The molecule has 1 aromatic carbocycles. The van der Waals surface area contributed by atoms with Gasteiger partial charge in [0.05, 0.1) is 10.7 Å². The molecule has 154 valence electrons. The molecule has 0 aliphatic carbocycles. The van der Waals surface area contributed by atoms with E-state index in [1.165, 1.54) is 12.2 Å². The summed E-state index contributed by atoms with van der Waals surface area (Å²) in [7, 11) is 0. The van der Waals surface area contributed by atoms with Gasteiger partial charge in [-0.3, -0.25) is 9.48 Å². The van der Waals surface area contributed by atoms with Crippen LogP contribution in [0.4, 0.5) is 45.2 Å². The molecule has 0 unspecified atom stereocenters. The summed E-state index contributed by atoms with van der Waals surface area (Å²) in [5, 5.41) is 4.16. The van der Waals surface area contributed by atoms with Crippen molar-refractivity contribution in [2.45, 2.75) is 26.1 Å². The number of amides is 1. The van der Waals surface area contributed by atoms with Gasteiger partial charge in [-0.2, -0.15) is 18.3 Å². The van der Waals surface area contributed by atoms with E-state index in [1.807, 2.05) is 0 Å². The third-order valence-corrected chi connectivity index (χ3v) is 3.94. The zero-order valence-corrected chi connectivity index (χ0v) is 14.1. The van der Waals surface area contributed by atoms with Crippen LogP contribution in [0, 0.1) is 30.2 Å². The number of halogens is 10. The predicted octanol–water partition coefficient (Wildman–Crippen LogP) is 5.00. The Balaban J connectivity index is 2.37. The van der Waals surface area contributed by atoms with Gasteiger partial charge in [0.15, 0.2) is 23.3 Å². The molecule has 1 amide bonds. The van der Waals surface area contributed by atoms with Crippen molar-refractivity contribution >= 4 is 23.2 Å². The van der Waals surface area contributed by atoms with Gasteiger partial charge in [-0.1, -0.05) is 11.6 Å². The molecule has 2 rings (SSSR count). The molecule has 14 heteroatoms. The van der Waals surface area contributed by atoms with E-state index in [0.29, 0.717) is 4.68 Å². The van der Waals surface area contributed by atoms with Gasteiger partial charge in [-0.25, -0.2) is 26.3 Å². The summed E-state index contributed by atoms with van der Waals surface area (Å²) in [6.45, 7) is 0.189. The van der Waals surface area contributed by atoms with Crippen molar-refractivity contribution in [1.82, 2.24) is 9.78 Å². The van der Waals surface area contributed by atoms with Crippen molar-refractivity contribution in [3.8, 4) is 0 Å². The lowest BCUT2D eigenvalue weighted by Crippen LogP contribution is -2.24. The fraction of sp³-hybridized carbons (Fsp3) is 0.286. The third-order valence-electron chi connectivity index (χ3n) is 3.47. The lowest BCUT2D eigenvalue weighted by Gasteiger charge is -2.14. The maximum absolute atomic E-state index is 13.7. The van der Waals surface area contributed by atoms with Crippen molar-refractivity contribution in [3.05, 3.63) is 45.2 Å². The first-order valence-corrected chi connectivity index (χ1v) is 7.39. The average Bonchev–Trinajstić information content (AvgIpc) is 2.84. The number of carbonyl (C=O) groups is 1. The van der Waals surface area contributed by atoms with Crippen LogP contribution in [0.3, 0.4) is 0 Å². The van der Waals surface area contributed by atoms with E-state index < -0.39 is 70.3 Å². The Morgan fingerprint density at radius 3 is 2.00 bits per heavy atom. The van der Waals surface area contributed by atoms with Crippen LogP contribution in [-0.2, 0) is 17.5 Å². The van der Waals surface area contributed by atoms with E-state index in [-0.39, 0.29) is 5.69 Å². The monoisotopic (exact) mass is 439 g/mol. The number of alkyl halides is 5. The molecule has 2 aromatic rings. The van der Waals surface area contributed by atoms with Crippen LogP contribution in [0.15, 0.2) is 0 Å². The van der Waals surface area contributed by atoms with Gasteiger partial charge in [-0.15, -0.1) is 0 Å². The Kier molecular flexibility index (Phi) is 5.87. The number of carbonyl (C=O) groups excluding carboxylic acids is 1. The number of nitrogens with zero attached hydrogens (tertiary/aromatic N) is 2. The first-order chi connectivity index (χ1) is 12.8. The normalized spacial score (nSPS) is 12.0. The van der Waals surface area contributed by atoms with Crippen LogP contribution >= 0.6 is 11.6 Å². The minimum Gasteiger partial charge on any atom is -0.319 e. The van der Waals surface area contributed by atoms with Crippen molar-refractivity contribution in [3.63, 3.8) is 0 Å². The number of anilines is 1. The Hall–Kier alpha value is -2.44. The second-order valence-electron chi connectivity index (χ2n) is 5.29. The number of benzene rings is 1. The SMILES string of the molecule is Cc1c(Cl)c(C(F)F)nn1CC(=O)Nc1c(F)c(F)c(C(F)(F)F)c(F)c1F. The molecule has 0 spiro atoms. The fourth-order valence-electron chi connectivity index (χ4n) is 2.15. The molecule has 0 bridgehead atoms. The van der Waals surface area contributed by atoms with Crippen LogP contribution in [0.2, 0.25) is 5.02 Å². The molecule has 0 aliphatic rings. The Labute approximate surface area is 154 Å². The lowest BCUT2D eigenvalue weighted by molar-refractivity contribution is -0.143. The zero-order chi connectivity index (χ0) is 21.5. The van der Waals surface area contributed by atoms with Crippen molar-refractivity contribution in [2.24, 2.45) is 0 Å². The van der Waals surface area contributed by atoms with Gasteiger partial charge in [0.2, 0.25) is 5.91 Å². The molecule has 0 saturated heterocycles. The lowest BCUT2D eigenvalue weighted by atomic mass is 10.1. The van der Waals surface area contributed by atoms with Crippen LogP contribution in [0.1, 0.15) is 23.4 Å². The van der Waals surface area contributed by atoms with Crippen LogP contribution in [-0.4, -0.2) is 15.7 Å². The molecule has 0 aliphatic heterocycles. The van der Waals surface area contributed by atoms with Gasteiger partial charge in [0, 0.05) is 0 Å². The number of hydrogen-bond donors (Lipinski definition) is 1. The first kappa shape index (κ1) is 21.9. The van der Waals surface area contributed by atoms with Crippen molar-refractivity contribution in [1.29, 1.82) is 0 Å². The van der Waals surface area contributed by atoms with Gasteiger partial charge in [-0.05, 0) is 6.92 Å². The summed E-state index contributed by atoms with van der Waals surface area (Å²) in [5.41, 5.74) is -5.66. The Morgan fingerprint density at radius 1 is 1.11 bits per heavy atom. The number of aromatic nitrogens is 2. The molecular weight excluding hydrogens is 433 g/mol. The van der Waals surface area contributed by atoms with E-state index in [2.05, 4.69) is 5.10 Å². The summed E-state index contributed by atoms with van der Waals surface area (Å²) in [6, 6.07) is 0. The maximum atomic E-state index is 13.7. The second-order valence-corrected chi connectivity index (χ2v) is 5.67. The van der Waals surface area contributed by atoms with Gasteiger partial charge in [0.1, 0.15) is 23.5 Å². The molecule has 1 N–H and O–H groups in total. The van der Waals surface area contributed by atoms with Gasteiger partial charge in [0.25, 0.3) is 6.43 Å². The highest BCUT2D eigenvalue weighted by Gasteiger charge is 2.42. The molecular formula is C14H7ClF9N3O. The number of nitrogens with one attached hydrogen (secondary N) is 1. The standard InChI is InChI=1S/C14H7ClF9N3O/c1-3-6(15)11(13(20)21)26-27(3)2-4(28)25-12-9(18)7(16)5(14(22,23)24)8(17)10(12)19/h13H,2H2,1H3,(H,25,28). The van der Waals surface area contributed by atoms with Gasteiger partial charge < -0.3 is 5.32 Å². The zero-order valence-electron chi connectivity index (χ0n) is 13.4. The third kappa shape index (κ3) is 3.88. The van der Waals surface area contributed by atoms with Gasteiger partial charge >= 0.3 is 6.18 Å². The largest absolute Gasteiger partial charge is 0.422 e. The number of hydrogen-bond acceptors (Lipinski definition) is 2. The van der Waals surface area contributed by atoms with Crippen molar-refractivity contribution < 1.29 is 44.3 Å². The maximum Gasteiger partial charge on any atom is 0.422 e. The average molecular weight is 440 g/mol. The summed E-state index contributed by atoms with van der Waals surface area (Å²) in [4.78, 5) is 11.8. The van der Waals surface area contributed by atoms with Crippen LogP contribution in [0.5, 0.6) is 0 Å². The number of rotatable bonds is 4. The first-order valence-electron chi connectivity index (χ1n) is 7.01. The van der Waals surface area contributed by atoms with E-state index >= 15 is 0 Å². The fourth-order valence-corrected chi connectivity index (χ4v) is 2.36. The molecule has 0 atom stereocenters. The molecule has 1 heterocycles. The second kappa shape index (κ2) is 7.53.